The molecule has 1 aliphatic carbocycles. The molecule has 0 saturated heterocycles. The molecule has 6 heteroatoms. The van der Waals surface area contributed by atoms with Crippen molar-refractivity contribution in [1.29, 1.82) is 0 Å². The molecule has 104 valence electrons. The minimum atomic E-state index is 0.322. The molecule has 2 aromatic heterocycles. The second-order valence-corrected chi connectivity index (χ2v) is 6.75. The fourth-order valence-electron chi connectivity index (χ4n) is 2.89. The highest BCUT2D eigenvalue weighted by Gasteiger charge is 2.26. The number of rotatable bonds is 4. The highest BCUT2D eigenvalue weighted by atomic mass is 32.1. The van der Waals surface area contributed by atoms with Gasteiger partial charge in [0, 0.05) is 18.4 Å². The van der Waals surface area contributed by atoms with Gasteiger partial charge in [-0.05, 0) is 18.8 Å². The largest absolute Gasteiger partial charge is 0.330 e. The van der Waals surface area contributed by atoms with Gasteiger partial charge in [0.2, 0.25) is 4.96 Å². The Hall–Kier alpha value is -1.01. The topological polar surface area (TPSA) is 69.1 Å². The van der Waals surface area contributed by atoms with Crippen LogP contribution in [0, 0.1) is 5.92 Å². The fraction of sp³-hybridized carbons (Fsp3) is 0.769. The van der Waals surface area contributed by atoms with Crippen LogP contribution in [0.2, 0.25) is 0 Å². The molecule has 1 saturated carbocycles. The van der Waals surface area contributed by atoms with Crippen LogP contribution in [-0.2, 0) is 0 Å². The molecule has 1 atom stereocenters. The van der Waals surface area contributed by atoms with Crippen LogP contribution in [0.5, 0.6) is 0 Å². The Morgan fingerprint density at radius 3 is 2.68 bits per heavy atom. The minimum Gasteiger partial charge on any atom is -0.330 e. The van der Waals surface area contributed by atoms with Crippen molar-refractivity contribution in [2.24, 2.45) is 11.7 Å². The van der Waals surface area contributed by atoms with E-state index in [-0.39, 0.29) is 0 Å². The zero-order chi connectivity index (χ0) is 13.4. The van der Waals surface area contributed by atoms with E-state index >= 15 is 0 Å². The number of fused-ring (bicyclic) bond motifs is 1. The van der Waals surface area contributed by atoms with Crippen molar-refractivity contribution in [3.8, 4) is 0 Å². The normalized spacial score (nSPS) is 18.7. The first-order valence-corrected chi connectivity index (χ1v) is 7.94. The highest BCUT2D eigenvalue weighted by Crippen LogP contribution is 2.34. The average molecular weight is 279 g/mol. The number of nitrogens with two attached hydrogens (primary N) is 1. The lowest BCUT2D eigenvalue weighted by Crippen LogP contribution is -2.18. The molecule has 2 aromatic rings. The molecule has 0 bridgehead atoms. The second kappa shape index (κ2) is 5.17. The van der Waals surface area contributed by atoms with Gasteiger partial charge in [0.15, 0.2) is 5.82 Å². The van der Waals surface area contributed by atoms with Crippen molar-refractivity contribution in [3.05, 3.63) is 10.8 Å². The number of hydrogen-bond donors (Lipinski definition) is 1. The maximum atomic E-state index is 5.88. The third-order valence-electron chi connectivity index (χ3n) is 4.13. The first-order valence-electron chi connectivity index (χ1n) is 7.12. The predicted molar refractivity (Wildman–Crippen MR) is 76.5 cm³/mol. The summed E-state index contributed by atoms with van der Waals surface area (Å²) in [7, 11) is 0. The van der Waals surface area contributed by atoms with Crippen LogP contribution in [0.4, 0.5) is 0 Å². The first kappa shape index (κ1) is 13.0. The number of hydrogen-bond acceptors (Lipinski definition) is 5. The Morgan fingerprint density at radius 1 is 1.32 bits per heavy atom. The highest BCUT2D eigenvalue weighted by molar-refractivity contribution is 7.16. The molecule has 0 amide bonds. The molecule has 3 rings (SSSR count). The fourth-order valence-corrected chi connectivity index (χ4v) is 4.03. The molecule has 5 nitrogen and oxygen atoms in total. The summed E-state index contributed by atoms with van der Waals surface area (Å²) in [5.41, 5.74) is 5.88. The first-order chi connectivity index (χ1) is 9.20. The Labute approximate surface area is 117 Å². The summed E-state index contributed by atoms with van der Waals surface area (Å²) in [4.78, 5) is 0.913. The zero-order valence-corrected chi connectivity index (χ0v) is 12.4. The second-order valence-electron chi connectivity index (χ2n) is 5.76. The van der Waals surface area contributed by atoms with Gasteiger partial charge in [-0.2, -0.15) is 9.61 Å². The maximum absolute atomic E-state index is 5.88. The lowest BCUT2D eigenvalue weighted by molar-refractivity contribution is 0.497. The molecule has 2 heterocycles. The SMILES string of the molecule is CC(C)C(CN)c1nn2c(C3CCCC3)nnc2s1. The summed E-state index contributed by atoms with van der Waals surface area (Å²) in [5.74, 6) is 2.42. The Morgan fingerprint density at radius 2 is 2.05 bits per heavy atom. The molecule has 0 spiro atoms. The molecule has 0 aliphatic heterocycles. The minimum absolute atomic E-state index is 0.322. The Balaban J connectivity index is 1.97. The summed E-state index contributed by atoms with van der Waals surface area (Å²) >= 11 is 1.64. The van der Waals surface area contributed by atoms with Gasteiger partial charge in [0.1, 0.15) is 5.01 Å². The van der Waals surface area contributed by atoms with E-state index in [1.807, 2.05) is 4.52 Å². The van der Waals surface area contributed by atoms with Crippen molar-refractivity contribution in [3.63, 3.8) is 0 Å². The van der Waals surface area contributed by atoms with Gasteiger partial charge < -0.3 is 5.73 Å². The van der Waals surface area contributed by atoms with Crippen LogP contribution in [0.3, 0.4) is 0 Å². The van der Waals surface area contributed by atoms with Gasteiger partial charge in [-0.15, -0.1) is 10.2 Å². The van der Waals surface area contributed by atoms with E-state index in [4.69, 9.17) is 10.8 Å². The Bertz CT molecular complexity index is 552. The van der Waals surface area contributed by atoms with Crippen LogP contribution >= 0.6 is 11.3 Å². The summed E-state index contributed by atoms with van der Waals surface area (Å²) in [5, 5.41) is 14.5. The molecular formula is C13H21N5S. The van der Waals surface area contributed by atoms with Gasteiger partial charge in [0.25, 0.3) is 0 Å². The van der Waals surface area contributed by atoms with Gasteiger partial charge in [0.05, 0.1) is 0 Å². The third kappa shape index (κ3) is 2.27. The van der Waals surface area contributed by atoms with Gasteiger partial charge in [-0.1, -0.05) is 38.0 Å². The summed E-state index contributed by atoms with van der Waals surface area (Å²) < 4.78 is 1.96. The average Bonchev–Trinajstić information content (AvgIpc) is 3.02. The van der Waals surface area contributed by atoms with E-state index in [9.17, 15) is 0 Å². The van der Waals surface area contributed by atoms with E-state index in [1.54, 1.807) is 11.3 Å². The quantitative estimate of drug-likeness (QED) is 0.933. The molecule has 1 unspecified atom stereocenters. The van der Waals surface area contributed by atoms with Crippen molar-refractivity contribution in [2.45, 2.75) is 51.4 Å². The molecule has 0 aromatic carbocycles. The van der Waals surface area contributed by atoms with E-state index < -0.39 is 0 Å². The number of aromatic nitrogens is 4. The van der Waals surface area contributed by atoms with Crippen molar-refractivity contribution in [2.75, 3.05) is 6.54 Å². The van der Waals surface area contributed by atoms with Gasteiger partial charge in [-0.25, -0.2) is 0 Å². The molecular weight excluding hydrogens is 258 g/mol. The van der Waals surface area contributed by atoms with Gasteiger partial charge in [-0.3, -0.25) is 0 Å². The van der Waals surface area contributed by atoms with Crippen LogP contribution < -0.4 is 5.73 Å². The lowest BCUT2D eigenvalue weighted by Gasteiger charge is -2.14. The molecule has 1 fully saturated rings. The smallest absolute Gasteiger partial charge is 0.234 e. The van der Waals surface area contributed by atoms with Crippen molar-refractivity contribution >= 4 is 16.3 Å². The van der Waals surface area contributed by atoms with Crippen molar-refractivity contribution < 1.29 is 0 Å². The summed E-state index contributed by atoms with van der Waals surface area (Å²) in [6, 6.07) is 0. The van der Waals surface area contributed by atoms with E-state index in [0.29, 0.717) is 24.3 Å². The lowest BCUT2D eigenvalue weighted by atomic mass is 9.97. The Kier molecular flexibility index (Phi) is 3.54. The maximum Gasteiger partial charge on any atom is 0.234 e. The summed E-state index contributed by atoms with van der Waals surface area (Å²) in [6.45, 7) is 5.02. The third-order valence-corrected chi connectivity index (χ3v) is 5.16. The molecule has 2 N–H and O–H groups in total. The number of nitrogens with zero attached hydrogens (tertiary/aromatic N) is 4. The molecule has 1 aliphatic rings. The predicted octanol–water partition coefficient (Wildman–Crippen LogP) is 2.54. The van der Waals surface area contributed by atoms with Crippen LogP contribution in [0.25, 0.3) is 4.96 Å². The van der Waals surface area contributed by atoms with E-state index in [2.05, 4.69) is 24.0 Å². The van der Waals surface area contributed by atoms with E-state index in [1.165, 1.54) is 25.7 Å². The van der Waals surface area contributed by atoms with E-state index in [0.717, 1.165) is 15.8 Å². The van der Waals surface area contributed by atoms with Crippen molar-refractivity contribution in [1.82, 2.24) is 19.8 Å². The van der Waals surface area contributed by atoms with Gasteiger partial charge >= 0.3 is 0 Å². The summed E-state index contributed by atoms with van der Waals surface area (Å²) in [6.07, 6.45) is 5.04. The standard InChI is InChI=1S/C13H21N5S/c1-8(2)10(7-14)12-17-18-11(9-5-3-4-6-9)15-16-13(18)19-12/h8-10H,3-7,14H2,1-2H3. The van der Waals surface area contributed by atoms with Crippen LogP contribution in [0.1, 0.15) is 62.2 Å². The van der Waals surface area contributed by atoms with Crippen LogP contribution in [-0.4, -0.2) is 26.4 Å². The monoisotopic (exact) mass is 279 g/mol. The van der Waals surface area contributed by atoms with Crippen LogP contribution in [0.15, 0.2) is 0 Å². The molecule has 0 radical (unpaired) electrons. The zero-order valence-electron chi connectivity index (χ0n) is 11.5. The molecule has 19 heavy (non-hydrogen) atoms.